The maximum Gasteiger partial charge on any atom is 0.129 e. The molecule has 3 nitrogen and oxygen atoms in total. The summed E-state index contributed by atoms with van der Waals surface area (Å²) in [5.41, 5.74) is 11.0. The third-order valence-corrected chi connectivity index (χ3v) is 15.9. The monoisotopic (exact) mass is 906 g/mol. The fraction of sp³-hybridized carbons (Fsp3) is 0.194. The quantitative estimate of drug-likeness (QED) is 0.127. The topological polar surface area (TPSA) is 15.7 Å². The van der Waals surface area contributed by atoms with Gasteiger partial charge in [-0.25, -0.2) is 0 Å². The van der Waals surface area contributed by atoms with E-state index in [1.54, 1.807) is 0 Å². The van der Waals surface area contributed by atoms with Crippen LogP contribution in [-0.4, -0.2) is 6.10 Å². The summed E-state index contributed by atoms with van der Waals surface area (Å²) in [6, 6.07) is 68.8. The van der Waals surface area contributed by atoms with Crippen molar-refractivity contribution < 1.29 is 4.74 Å². The molecule has 0 aromatic heterocycles. The van der Waals surface area contributed by atoms with E-state index in [1.807, 2.05) is 0 Å². The molecule has 11 aromatic carbocycles. The summed E-state index contributed by atoms with van der Waals surface area (Å²) in [6.45, 7) is 7.10. The smallest absolute Gasteiger partial charge is 0.129 e. The number of allylic oxidation sites excluding steroid dienone is 1. The highest BCUT2D eigenvalue weighted by Gasteiger charge is 2.28. The molecule has 3 heteroatoms. The van der Waals surface area contributed by atoms with Gasteiger partial charge in [-0.05, 0) is 171 Å². The molecule has 2 unspecified atom stereocenters. The zero-order valence-electron chi connectivity index (χ0n) is 40.5. The first-order valence-electron chi connectivity index (χ1n) is 25.8. The number of hydrogen-bond acceptors (Lipinski definition) is 3. The zero-order chi connectivity index (χ0) is 46.9. The summed E-state index contributed by atoms with van der Waals surface area (Å²) >= 11 is 0. The summed E-state index contributed by atoms with van der Waals surface area (Å²) in [6.07, 6.45) is 12.7. The van der Waals surface area contributed by atoms with E-state index in [9.17, 15) is 0 Å². The van der Waals surface area contributed by atoms with Gasteiger partial charge in [-0.1, -0.05) is 155 Å². The lowest BCUT2D eigenvalue weighted by molar-refractivity contribution is 0.157. The maximum absolute atomic E-state index is 7.40. The number of fused-ring (bicyclic) bond motifs is 4. The predicted molar refractivity (Wildman–Crippen MR) is 300 cm³/mol. The number of ether oxygens (including phenoxy) is 1. The van der Waals surface area contributed by atoms with Crippen molar-refractivity contribution in [1.29, 1.82) is 0 Å². The average Bonchev–Trinajstić information content (AvgIpc) is 3.41. The van der Waals surface area contributed by atoms with Crippen molar-refractivity contribution in [1.82, 2.24) is 0 Å². The van der Waals surface area contributed by atoms with Crippen LogP contribution in [-0.2, 0) is 0 Å². The summed E-state index contributed by atoms with van der Waals surface area (Å²) in [5.74, 6) is 1.72. The van der Waals surface area contributed by atoms with E-state index in [-0.39, 0.29) is 6.10 Å². The van der Waals surface area contributed by atoms with Crippen LogP contribution in [0.4, 0.5) is 34.1 Å². The highest BCUT2D eigenvalue weighted by molar-refractivity contribution is 6.30. The van der Waals surface area contributed by atoms with E-state index < -0.39 is 0 Å². The Morgan fingerprint density at radius 3 is 1.56 bits per heavy atom. The van der Waals surface area contributed by atoms with E-state index >= 15 is 0 Å². The average molecular weight is 907 g/mol. The molecule has 0 radical (unpaired) electrons. The van der Waals surface area contributed by atoms with Gasteiger partial charge < -0.3 is 14.5 Å². The summed E-state index contributed by atoms with van der Waals surface area (Å²) in [4.78, 5) is 5.06. The molecule has 0 aliphatic heterocycles. The van der Waals surface area contributed by atoms with Gasteiger partial charge in [-0.2, -0.15) is 0 Å². The molecule has 13 rings (SSSR count). The van der Waals surface area contributed by atoms with Gasteiger partial charge in [-0.3, -0.25) is 0 Å². The Labute approximate surface area is 411 Å². The standard InChI is InChI=1S/C67H58N2O/c1-4-43(2)62-41-63(68(52-29-25-45-16-8-11-19-49(45)37-52)53-30-26-46-17-9-12-20-50(46)38-53)58-35-36-60-65(70-56-23-6-5-7-24-56)42-64(59-34-33-57(62)66(58)67(59)60)69(54-31-27-47-18-10-13-21-51(47)39-54)55-32-28-48-22-14-15-44(3)61(48)40-55/h8-14,16-22,25-44,56H,4-7,15,23-24H2,1-3H3. The molecule has 0 bridgehead atoms. The maximum atomic E-state index is 7.40. The van der Waals surface area contributed by atoms with E-state index in [1.165, 1.54) is 106 Å². The molecule has 0 N–H and O–H groups in total. The first-order valence-corrected chi connectivity index (χ1v) is 25.8. The van der Waals surface area contributed by atoms with Gasteiger partial charge >= 0.3 is 0 Å². The van der Waals surface area contributed by atoms with Crippen LogP contribution >= 0.6 is 0 Å². The molecular formula is C67H58N2O. The minimum absolute atomic E-state index is 0.174. The van der Waals surface area contributed by atoms with Crippen molar-refractivity contribution in [3.8, 4) is 5.75 Å². The second-order valence-corrected chi connectivity index (χ2v) is 20.3. The second kappa shape index (κ2) is 17.4. The highest BCUT2D eigenvalue weighted by atomic mass is 16.5. The van der Waals surface area contributed by atoms with Gasteiger partial charge in [0.25, 0.3) is 0 Å². The van der Waals surface area contributed by atoms with Crippen LogP contribution in [0, 0.1) is 0 Å². The van der Waals surface area contributed by atoms with E-state index in [2.05, 4.69) is 225 Å². The van der Waals surface area contributed by atoms with Crippen molar-refractivity contribution in [2.75, 3.05) is 9.80 Å². The van der Waals surface area contributed by atoms with Crippen molar-refractivity contribution in [2.24, 2.45) is 0 Å². The van der Waals surface area contributed by atoms with Gasteiger partial charge in [0, 0.05) is 50.4 Å². The van der Waals surface area contributed by atoms with Gasteiger partial charge in [0.2, 0.25) is 0 Å². The van der Waals surface area contributed by atoms with Gasteiger partial charge in [-0.15, -0.1) is 0 Å². The lowest BCUT2D eigenvalue weighted by Gasteiger charge is -2.32. The number of rotatable bonds is 10. The number of benzene rings is 11. The Morgan fingerprint density at radius 1 is 0.500 bits per heavy atom. The van der Waals surface area contributed by atoms with E-state index in [4.69, 9.17) is 4.74 Å². The summed E-state index contributed by atoms with van der Waals surface area (Å²) in [7, 11) is 0. The molecule has 2 aliphatic rings. The molecule has 2 aliphatic carbocycles. The Hall–Kier alpha value is -7.62. The minimum Gasteiger partial charge on any atom is -0.490 e. The molecular weight excluding hydrogens is 849 g/mol. The van der Waals surface area contributed by atoms with Crippen molar-refractivity contribution in [3.05, 3.63) is 205 Å². The Kier molecular flexibility index (Phi) is 10.6. The number of nitrogens with zero attached hydrogens (tertiary/aromatic N) is 2. The van der Waals surface area contributed by atoms with Crippen molar-refractivity contribution in [3.63, 3.8) is 0 Å². The summed E-state index contributed by atoms with van der Waals surface area (Å²) in [5, 5.41) is 14.9. The molecule has 70 heavy (non-hydrogen) atoms. The Bertz CT molecular complexity index is 3740. The highest BCUT2D eigenvalue weighted by Crippen LogP contribution is 2.53. The van der Waals surface area contributed by atoms with Crippen LogP contribution in [0.5, 0.6) is 5.75 Å². The van der Waals surface area contributed by atoms with Crippen LogP contribution in [0.1, 0.15) is 94.2 Å². The minimum atomic E-state index is 0.174. The molecule has 11 aromatic rings. The van der Waals surface area contributed by atoms with Crippen LogP contribution < -0.4 is 14.5 Å². The Balaban J connectivity index is 1.13. The van der Waals surface area contributed by atoms with Gasteiger partial charge in [0.15, 0.2) is 0 Å². The van der Waals surface area contributed by atoms with E-state index in [0.29, 0.717) is 11.8 Å². The fourth-order valence-corrected chi connectivity index (χ4v) is 12.0. The van der Waals surface area contributed by atoms with Crippen LogP contribution in [0.25, 0.3) is 70.7 Å². The van der Waals surface area contributed by atoms with Gasteiger partial charge in [0.1, 0.15) is 5.75 Å². The second-order valence-electron chi connectivity index (χ2n) is 20.3. The van der Waals surface area contributed by atoms with E-state index in [0.717, 1.165) is 59.9 Å². The van der Waals surface area contributed by atoms with Crippen molar-refractivity contribution >= 4 is 105 Å². The molecule has 1 fully saturated rings. The number of hydrogen-bond donors (Lipinski definition) is 0. The first-order chi connectivity index (χ1) is 34.5. The molecule has 0 amide bonds. The molecule has 2 atom stereocenters. The van der Waals surface area contributed by atoms with Crippen LogP contribution in [0.15, 0.2) is 188 Å². The zero-order valence-corrected chi connectivity index (χ0v) is 40.5. The van der Waals surface area contributed by atoms with Crippen LogP contribution in [0.3, 0.4) is 0 Å². The SMILES string of the molecule is CCC(C)c1cc(N(c2ccc3ccccc3c2)c2ccc3ccccc3c2)c2ccc3c(OC4CCCCC4)cc(N(c4ccc5c(c4)C(C)CC=C5)c4ccc5ccccc5c4)c4ccc1c2c34. The normalized spacial score (nSPS) is 15.6. The number of anilines is 6. The lowest BCUT2D eigenvalue weighted by atomic mass is 9.85. The van der Waals surface area contributed by atoms with Gasteiger partial charge in [0.05, 0.1) is 17.5 Å². The molecule has 0 heterocycles. The van der Waals surface area contributed by atoms with Crippen molar-refractivity contribution in [2.45, 2.75) is 83.7 Å². The third kappa shape index (κ3) is 7.25. The largest absolute Gasteiger partial charge is 0.490 e. The lowest BCUT2D eigenvalue weighted by Crippen LogP contribution is -2.20. The molecule has 0 saturated heterocycles. The summed E-state index contributed by atoms with van der Waals surface area (Å²) < 4.78 is 7.40. The molecule has 342 valence electrons. The molecule has 1 saturated carbocycles. The third-order valence-electron chi connectivity index (χ3n) is 15.9. The fourth-order valence-electron chi connectivity index (χ4n) is 12.0. The Morgan fingerprint density at radius 2 is 0.986 bits per heavy atom. The molecule has 0 spiro atoms. The first kappa shape index (κ1) is 42.5. The van der Waals surface area contributed by atoms with Crippen LogP contribution in [0.2, 0.25) is 0 Å². The predicted octanol–water partition coefficient (Wildman–Crippen LogP) is 19.7.